The summed E-state index contributed by atoms with van der Waals surface area (Å²) in [5.41, 5.74) is 22.6. The normalized spacial score (nSPS) is 14.5. The summed E-state index contributed by atoms with van der Waals surface area (Å²) in [4.78, 5) is 10.7. The zero-order chi connectivity index (χ0) is 40.8. The number of benzene rings is 7. The van der Waals surface area contributed by atoms with Crippen molar-refractivity contribution in [3.63, 3.8) is 0 Å². The van der Waals surface area contributed by atoms with Gasteiger partial charge in [0.25, 0.3) is 0 Å². The summed E-state index contributed by atoms with van der Waals surface area (Å²) in [5, 5.41) is 5.01. The van der Waals surface area contributed by atoms with Gasteiger partial charge in [0.05, 0.1) is 40.3 Å². The summed E-state index contributed by atoms with van der Waals surface area (Å²) in [7, 11) is 0. The van der Waals surface area contributed by atoms with Crippen LogP contribution in [0.4, 0.5) is 0 Å². The zero-order valence-electron chi connectivity index (χ0n) is 34.6. The van der Waals surface area contributed by atoms with Crippen LogP contribution in [0.15, 0.2) is 176 Å². The highest BCUT2D eigenvalue weighted by molar-refractivity contribution is 6.30. The maximum Gasteiger partial charge on any atom is 0.0732 e. The van der Waals surface area contributed by atoms with E-state index < -0.39 is 0 Å². The first-order chi connectivity index (χ1) is 29.8. The largest absolute Gasteiger partial charge is 0.305 e. The van der Waals surface area contributed by atoms with Crippen LogP contribution in [0.3, 0.4) is 0 Å². The van der Waals surface area contributed by atoms with Gasteiger partial charge in [-0.3, -0.25) is 9.97 Å². The van der Waals surface area contributed by atoms with Gasteiger partial charge in [0, 0.05) is 43.5 Å². The second kappa shape index (κ2) is 12.1. The van der Waals surface area contributed by atoms with Crippen LogP contribution in [-0.4, -0.2) is 14.4 Å². The first-order valence-corrected chi connectivity index (χ1v) is 21.4. The van der Waals surface area contributed by atoms with E-state index in [2.05, 4.69) is 208 Å². The molecular formula is C58H41N3. The molecule has 288 valence electrons. The topological polar surface area (TPSA) is 30.2 Å². The summed E-state index contributed by atoms with van der Waals surface area (Å²) < 4.78 is 2.48. The molecular weight excluding hydrogens is 739 g/mol. The Labute approximate surface area is 355 Å². The summed E-state index contributed by atoms with van der Waals surface area (Å²) in [6.07, 6.45) is 4.29. The van der Waals surface area contributed by atoms with Gasteiger partial charge in [0.1, 0.15) is 0 Å². The third-order valence-electron chi connectivity index (χ3n) is 14.1. The molecule has 13 rings (SSSR count). The van der Waals surface area contributed by atoms with Crippen LogP contribution < -0.4 is 0 Å². The molecule has 4 aromatic heterocycles. The number of pyridine rings is 2. The molecule has 3 nitrogen and oxygen atoms in total. The van der Waals surface area contributed by atoms with Crippen LogP contribution in [-0.2, 0) is 10.8 Å². The standard InChI is InChI=1S/C58H41N3/c1-57(2)45-26-16-14-24-39(45)52-50-43-30-38(49-41(35-20-10-6-11-21-35)28-37(34-18-8-5-9-19-34)29-42(49)36-22-12-7-13-23-36)31-44-51-48(61(54(43)44)47(50)32-59-55(52)57)33-60-56-53(51)40-25-15-17-27-46(40)58(56,3)4/h5-33H,1-4H3. The average molecular weight is 780 g/mol. The number of hydrogen-bond donors (Lipinski definition) is 0. The Bertz CT molecular complexity index is 3400. The van der Waals surface area contributed by atoms with Crippen LogP contribution in [0.2, 0.25) is 0 Å². The molecule has 2 aliphatic carbocycles. The third kappa shape index (κ3) is 4.53. The van der Waals surface area contributed by atoms with Gasteiger partial charge in [-0.25, -0.2) is 0 Å². The van der Waals surface area contributed by atoms with Gasteiger partial charge in [-0.15, -0.1) is 0 Å². The Kier molecular flexibility index (Phi) is 6.85. The molecule has 0 aliphatic heterocycles. The fourth-order valence-electron chi connectivity index (χ4n) is 11.3. The molecule has 0 N–H and O–H groups in total. The molecule has 0 fully saturated rings. The Morgan fingerprint density at radius 3 is 1.25 bits per heavy atom. The first-order valence-electron chi connectivity index (χ1n) is 21.4. The predicted octanol–water partition coefficient (Wildman–Crippen LogP) is 14.9. The summed E-state index contributed by atoms with van der Waals surface area (Å²) in [5.74, 6) is 0. The highest BCUT2D eigenvalue weighted by atomic mass is 14.9. The smallest absolute Gasteiger partial charge is 0.0732 e. The zero-order valence-corrected chi connectivity index (χ0v) is 34.6. The Morgan fingerprint density at radius 1 is 0.377 bits per heavy atom. The monoisotopic (exact) mass is 779 g/mol. The number of nitrogens with zero attached hydrogens (tertiary/aromatic N) is 3. The van der Waals surface area contributed by atoms with Gasteiger partial charge in [-0.1, -0.05) is 167 Å². The Hall–Kier alpha value is -7.36. The van der Waals surface area contributed by atoms with Crippen LogP contribution in [0, 0.1) is 0 Å². The van der Waals surface area contributed by atoms with Crippen molar-refractivity contribution in [2.75, 3.05) is 0 Å². The molecule has 61 heavy (non-hydrogen) atoms. The van der Waals surface area contributed by atoms with Crippen LogP contribution in [0.5, 0.6) is 0 Å². The van der Waals surface area contributed by atoms with E-state index in [4.69, 9.17) is 9.97 Å². The first kappa shape index (κ1) is 34.5. The predicted molar refractivity (Wildman–Crippen MR) is 254 cm³/mol. The van der Waals surface area contributed by atoms with Gasteiger partial charge in [-0.2, -0.15) is 0 Å². The maximum atomic E-state index is 5.37. The van der Waals surface area contributed by atoms with Crippen molar-refractivity contribution in [1.82, 2.24) is 14.4 Å². The molecule has 0 radical (unpaired) electrons. The van der Waals surface area contributed by atoms with Gasteiger partial charge >= 0.3 is 0 Å². The number of rotatable bonds is 4. The number of hydrogen-bond acceptors (Lipinski definition) is 2. The van der Waals surface area contributed by atoms with Crippen molar-refractivity contribution in [1.29, 1.82) is 0 Å². The maximum absolute atomic E-state index is 5.37. The fourth-order valence-corrected chi connectivity index (χ4v) is 11.3. The second-order valence-electron chi connectivity index (χ2n) is 18.1. The molecule has 0 saturated heterocycles. The molecule has 0 spiro atoms. The highest BCUT2D eigenvalue weighted by Gasteiger charge is 2.41. The lowest BCUT2D eigenvalue weighted by atomic mass is 9.83. The SMILES string of the molecule is CC1(C)c2ccccc2-c2c1ncc1c2c2cc(-c3c(-c4ccccc4)cc(-c4ccccc4)cc3-c3ccccc3)cc3c4c5c(ncc4n1c23)C(C)(C)c1ccccc1-5. The van der Waals surface area contributed by atoms with Crippen molar-refractivity contribution in [3.05, 3.63) is 199 Å². The lowest BCUT2D eigenvalue weighted by Crippen LogP contribution is -2.16. The van der Waals surface area contributed by atoms with Crippen molar-refractivity contribution in [2.24, 2.45) is 0 Å². The molecule has 11 aromatic rings. The van der Waals surface area contributed by atoms with Crippen LogP contribution in [0.25, 0.3) is 105 Å². The highest BCUT2D eigenvalue weighted by Crippen LogP contribution is 2.57. The van der Waals surface area contributed by atoms with Crippen molar-refractivity contribution >= 4 is 38.1 Å². The summed E-state index contributed by atoms with van der Waals surface area (Å²) in [6, 6.07) is 60.4. The van der Waals surface area contributed by atoms with Crippen molar-refractivity contribution < 1.29 is 0 Å². The van der Waals surface area contributed by atoms with Crippen LogP contribution in [0.1, 0.15) is 50.2 Å². The Morgan fingerprint density at radius 2 is 0.787 bits per heavy atom. The van der Waals surface area contributed by atoms with Crippen molar-refractivity contribution in [2.45, 2.75) is 38.5 Å². The second-order valence-corrected chi connectivity index (χ2v) is 18.1. The Balaban J connectivity index is 1.25. The van der Waals surface area contributed by atoms with Gasteiger partial charge in [0.2, 0.25) is 0 Å². The number of fused-ring (bicyclic) bond motifs is 14. The summed E-state index contributed by atoms with van der Waals surface area (Å²) >= 11 is 0. The van der Waals surface area contributed by atoms with E-state index in [-0.39, 0.29) is 10.8 Å². The quantitative estimate of drug-likeness (QED) is 0.178. The molecule has 7 aromatic carbocycles. The molecule has 2 aliphatic rings. The number of aromatic nitrogens is 3. The average Bonchev–Trinajstić information content (AvgIpc) is 3.97. The minimum Gasteiger partial charge on any atom is -0.305 e. The van der Waals surface area contributed by atoms with E-state index in [0.717, 1.165) is 22.4 Å². The van der Waals surface area contributed by atoms with E-state index in [0.29, 0.717) is 0 Å². The molecule has 0 atom stereocenters. The van der Waals surface area contributed by atoms with Gasteiger partial charge in [-0.05, 0) is 91.0 Å². The van der Waals surface area contributed by atoms with Gasteiger partial charge < -0.3 is 4.40 Å². The van der Waals surface area contributed by atoms with E-state index in [9.17, 15) is 0 Å². The molecule has 0 amide bonds. The minimum atomic E-state index is -0.233. The van der Waals surface area contributed by atoms with E-state index in [1.165, 1.54) is 105 Å². The lowest BCUT2D eigenvalue weighted by molar-refractivity contribution is 0.637. The lowest BCUT2D eigenvalue weighted by Gasteiger charge is -2.20. The van der Waals surface area contributed by atoms with Crippen molar-refractivity contribution in [3.8, 4) is 66.8 Å². The molecule has 0 unspecified atom stereocenters. The minimum absolute atomic E-state index is 0.233. The van der Waals surface area contributed by atoms with E-state index >= 15 is 0 Å². The fraction of sp³-hybridized carbons (Fsp3) is 0.103. The molecule has 4 heterocycles. The molecule has 0 saturated carbocycles. The van der Waals surface area contributed by atoms with Gasteiger partial charge in [0.15, 0.2) is 0 Å². The third-order valence-corrected chi connectivity index (χ3v) is 14.1. The van der Waals surface area contributed by atoms with E-state index in [1.54, 1.807) is 0 Å². The van der Waals surface area contributed by atoms with Crippen LogP contribution >= 0.6 is 0 Å². The summed E-state index contributed by atoms with van der Waals surface area (Å²) in [6.45, 7) is 9.30. The molecule has 0 bridgehead atoms. The molecule has 3 heteroatoms. The van der Waals surface area contributed by atoms with E-state index in [1.807, 2.05) is 0 Å².